The summed E-state index contributed by atoms with van der Waals surface area (Å²) in [7, 11) is 0. The van der Waals surface area contributed by atoms with Gasteiger partial charge >= 0.3 is 0 Å². The summed E-state index contributed by atoms with van der Waals surface area (Å²) in [5.74, 6) is 2.32. The maximum absolute atomic E-state index is 5.73. The maximum atomic E-state index is 5.73. The summed E-state index contributed by atoms with van der Waals surface area (Å²) in [5, 5.41) is 11.4. The minimum Gasteiger partial charge on any atom is -0.494 e. The molecule has 0 N–H and O–H groups in total. The fourth-order valence-corrected chi connectivity index (χ4v) is 2.29. The molecule has 2 aromatic heterocycles. The van der Waals surface area contributed by atoms with E-state index in [4.69, 9.17) is 13.7 Å². The van der Waals surface area contributed by atoms with E-state index in [9.17, 15) is 0 Å². The van der Waals surface area contributed by atoms with Crippen molar-refractivity contribution in [2.24, 2.45) is 0 Å². The average molecular weight is 313 g/mol. The summed E-state index contributed by atoms with van der Waals surface area (Å²) in [6.45, 7) is 2.64. The normalized spacial score (nSPS) is 10.8. The second-order valence-electron chi connectivity index (χ2n) is 5.36. The second kappa shape index (κ2) is 7.58. The lowest BCUT2D eigenvalue weighted by Gasteiger charge is -2.06. The van der Waals surface area contributed by atoms with Crippen LogP contribution in [0.3, 0.4) is 0 Å². The first-order valence-corrected chi connectivity index (χ1v) is 7.73. The molecule has 0 spiro atoms. The number of aryl methyl sites for hydroxylation is 2. The fraction of sp³-hybridized carbons (Fsp3) is 0.353. The first-order chi connectivity index (χ1) is 11.3. The van der Waals surface area contributed by atoms with Crippen molar-refractivity contribution < 1.29 is 13.7 Å². The third kappa shape index (κ3) is 4.42. The van der Waals surface area contributed by atoms with Crippen LogP contribution < -0.4 is 4.74 Å². The minimum absolute atomic E-state index is 0.513. The molecule has 0 radical (unpaired) electrons. The van der Waals surface area contributed by atoms with Crippen LogP contribution in [0.15, 0.2) is 45.7 Å². The Morgan fingerprint density at radius 2 is 1.96 bits per heavy atom. The van der Waals surface area contributed by atoms with Crippen molar-refractivity contribution in [2.75, 3.05) is 6.61 Å². The van der Waals surface area contributed by atoms with E-state index in [1.807, 2.05) is 37.3 Å². The van der Waals surface area contributed by atoms with Crippen LogP contribution in [-0.2, 0) is 6.42 Å². The molecule has 2 heterocycles. The van der Waals surface area contributed by atoms with Gasteiger partial charge < -0.3 is 13.7 Å². The summed E-state index contributed by atoms with van der Waals surface area (Å²) in [4.78, 5) is 0. The van der Waals surface area contributed by atoms with E-state index in [1.165, 1.54) is 6.39 Å². The highest BCUT2D eigenvalue weighted by Gasteiger charge is 2.03. The quantitative estimate of drug-likeness (QED) is 0.588. The van der Waals surface area contributed by atoms with Gasteiger partial charge in [0.1, 0.15) is 11.5 Å². The van der Waals surface area contributed by atoms with Gasteiger partial charge in [0.2, 0.25) is 12.3 Å². The molecule has 0 atom stereocenters. The number of rotatable bonds is 8. The molecule has 0 unspecified atom stereocenters. The Kier molecular flexibility index (Phi) is 5.03. The van der Waals surface area contributed by atoms with Crippen LogP contribution in [0.1, 0.15) is 30.7 Å². The summed E-state index contributed by atoms with van der Waals surface area (Å²) in [6, 6.07) is 9.64. The third-order valence-electron chi connectivity index (χ3n) is 3.47. The molecule has 6 heteroatoms. The molecule has 0 fully saturated rings. The van der Waals surface area contributed by atoms with Crippen LogP contribution in [0.5, 0.6) is 5.75 Å². The van der Waals surface area contributed by atoms with E-state index >= 15 is 0 Å². The van der Waals surface area contributed by atoms with E-state index in [-0.39, 0.29) is 0 Å². The number of benzene rings is 1. The molecular formula is C17H19N3O3. The molecule has 3 rings (SSSR count). The first-order valence-electron chi connectivity index (χ1n) is 7.73. The lowest BCUT2D eigenvalue weighted by atomic mass is 10.1. The van der Waals surface area contributed by atoms with Gasteiger partial charge in [0, 0.05) is 18.1 Å². The Bertz CT molecular complexity index is 705. The molecule has 1 aromatic carbocycles. The maximum Gasteiger partial charge on any atom is 0.247 e. The van der Waals surface area contributed by atoms with Crippen molar-refractivity contribution in [3.63, 3.8) is 0 Å². The average Bonchev–Trinajstić information content (AvgIpc) is 3.23. The highest BCUT2D eigenvalue weighted by Crippen LogP contribution is 2.20. The lowest BCUT2D eigenvalue weighted by Crippen LogP contribution is -1.97. The summed E-state index contributed by atoms with van der Waals surface area (Å²) in [5.41, 5.74) is 1.82. The van der Waals surface area contributed by atoms with Gasteiger partial charge in [0.25, 0.3) is 0 Å². The highest BCUT2D eigenvalue weighted by atomic mass is 16.5. The molecule has 0 aliphatic rings. The van der Waals surface area contributed by atoms with Gasteiger partial charge in [-0.1, -0.05) is 5.16 Å². The fourth-order valence-electron chi connectivity index (χ4n) is 2.29. The zero-order valence-electron chi connectivity index (χ0n) is 13.1. The first kappa shape index (κ1) is 15.3. The summed E-state index contributed by atoms with van der Waals surface area (Å²) < 4.78 is 16.1. The van der Waals surface area contributed by atoms with Gasteiger partial charge in [0.05, 0.1) is 12.3 Å². The van der Waals surface area contributed by atoms with Crippen LogP contribution in [0.2, 0.25) is 0 Å². The van der Waals surface area contributed by atoms with Crippen LogP contribution >= 0.6 is 0 Å². The predicted molar refractivity (Wildman–Crippen MR) is 84.0 cm³/mol. The van der Waals surface area contributed by atoms with E-state index in [0.29, 0.717) is 12.5 Å². The van der Waals surface area contributed by atoms with Crippen LogP contribution in [0, 0.1) is 6.92 Å². The molecule has 23 heavy (non-hydrogen) atoms. The topological polar surface area (TPSA) is 74.2 Å². The van der Waals surface area contributed by atoms with E-state index in [0.717, 1.165) is 48.5 Å². The number of unbranched alkanes of at least 4 members (excludes halogenated alkanes) is 2. The van der Waals surface area contributed by atoms with Gasteiger partial charge in [0.15, 0.2) is 0 Å². The van der Waals surface area contributed by atoms with Crippen molar-refractivity contribution >= 4 is 0 Å². The van der Waals surface area contributed by atoms with Crippen molar-refractivity contribution in [3.05, 3.63) is 48.2 Å². The van der Waals surface area contributed by atoms with Gasteiger partial charge in [-0.2, -0.15) is 0 Å². The lowest BCUT2D eigenvalue weighted by molar-refractivity contribution is 0.303. The van der Waals surface area contributed by atoms with E-state index < -0.39 is 0 Å². The molecule has 0 aliphatic carbocycles. The van der Waals surface area contributed by atoms with Crippen molar-refractivity contribution in [1.82, 2.24) is 15.4 Å². The van der Waals surface area contributed by atoms with Crippen LogP contribution in [-0.4, -0.2) is 22.0 Å². The van der Waals surface area contributed by atoms with Gasteiger partial charge in [-0.3, -0.25) is 0 Å². The molecule has 120 valence electrons. The second-order valence-corrected chi connectivity index (χ2v) is 5.36. The molecule has 3 aromatic rings. The molecule has 0 saturated heterocycles. The van der Waals surface area contributed by atoms with Gasteiger partial charge in [-0.05, 0) is 50.5 Å². The number of hydrogen-bond acceptors (Lipinski definition) is 6. The van der Waals surface area contributed by atoms with E-state index in [2.05, 4.69) is 15.4 Å². The molecule has 0 amide bonds. The molecule has 0 bridgehead atoms. The summed E-state index contributed by atoms with van der Waals surface area (Å²) >= 11 is 0. The van der Waals surface area contributed by atoms with Crippen molar-refractivity contribution in [3.8, 4) is 17.2 Å². The standard InChI is InChI=1S/C17H19N3O3/c1-13-11-16(23-20-13)5-3-2-4-10-21-15-8-6-14(7-9-15)17-19-18-12-22-17/h6-9,11-12H,2-5,10H2,1H3. The third-order valence-corrected chi connectivity index (χ3v) is 3.47. The molecule has 0 aliphatic heterocycles. The number of aromatic nitrogens is 3. The Hall–Kier alpha value is -2.63. The number of ether oxygens (including phenoxy) is 1. The Morgan fingerprint density at radius 3 is 2.65 bits per heavy atom. The number of hydrogen-bond donors (Lipinski definition) is 0. The predicted octanol–water partition coefficient (Wildman–Crippen LogP) is 3.82. The monoisotopic (exact) mass is 313 g/mol. The Balaban J connectivity index is 1.34. The largest absolute Gasteiger partial charge is 0.494 e. The molecular weight excluding hydrogens is 294 g/mol. The highest BCUT2D eigenvalue weighted by molar-refractivity contribution is 5.53. The zero-order valence-corrected chi connectivity index (χ0v) is 13.1. The zero-order chi connectivity index (χ0) is 15.9. The smallest absolute Gasteiger partial charge is 0.247 e. The summed E-state index contributed by atoms with van der Waals surface area (Å²) in [6.07, 6.45) is 5.44. The van der Waals surface area contributed by atoms with Gasteiger partial charge in [-0.15, -0.1) is 10.2 Å². The van der Waals surface area contributed by atoms with Crippen LogP contribution in [0.4, 0.5) is 0 Å². The number of nitrogens with zero attached hydrogens (tertiary/aromatic N) is 3. The van der Waals surface area contributed by atoms with Gasteiger partial charge in [-0.25, -0.2) is 0 Å². The Labute approximate surface area is 134 Å². The van der Waals surface area contributed by atoms with Crippen molar-refractivity contribution in [1.29, 1.82) is 0 Å². The Morgan fingerprint density at radius 1 is 1.09 bits per heavy atom. The SMILES string of the molecule is Cc1cc(CCCCCOc2ccc(-c3nnco3)cc2)on1. The van der Waals surface area contributed by atoms with Crippen LogP contribution in [0.25, 0.3) is 11.5 Å². The molecule has 0 saturated carbocycles. The van der Waals surface area contributed by atoms with E-state index in [1.54, 1.807) is 0 Å². The molecule has 6 nitrogen and oxygen atoms in total. The van der Waals surface area contributed by atoms with Crippen molar-refractivity contribution in [2.45, 2.75) is 32.6 Å². The minimum atomic E-state index is 0.513.